The third-order valence-electron chi connectivity index (χ3n) is 1.60. The van der Waals surface area contributed by atoms with E-state index < -0.39 is 11.7 Å². The molecule has 0 fully saturated rings. The van der Waals surface area contributed by atoms with Crippen LogP contribution < -0.4 is 0 Å². The van der Waals surface area contributed by atoms with Crippen LogP contribution in [0.4, 0.5) is 13.2 Å². The van der Waals surface area contributed by atoms with Gasteiger partial charge in [-0.3, -0.25) is 0 Å². The molecule has 0 unspecified atom stereocenters. The minimum absolute atomic E-state index is 0.0641. The van der Waals surface area contributed by atoms with Gasteiger partial charge in [-0.2, -0.15) is 13.2 Å². The van der Waals surface area contributed by atoms with Gasteiger partial charge in [0.05, 0.1) is 12.1 Å². The van der Waals surface area contributed by atoms with Gasteiger partial charge >= 0.3 is 6.18 Å². The number of rotatable bonds is 2. The van der Waals surface area contributed by atoms with E-state index in [1.165, 1.54) is 12.1 Å². The number of nitrogens with zero attached hydrogens (tertiary/aromatic N) is 3. The summed E-state index contributed by atoms with van der Waals surface area (Å²) in [4.78, 5) is 2.50. The lowest BCUT2D eigenvalue weighted by Crippen LogP contribution is -2.04. The van der Waals surface area contributed by atoms with Crippen LogP contribution in [0.5, 0.6) is 0 Å². The van der Waals surface area contributed by atoms with Crippen LogP contribution in [0.3, 0.4) is 0 Å². The lowest BCUT2D eigenvalue weighted by atomic mass is 10.1. The maximum atomic E-state index is 12.1. The van der Waals surface area contributed by atoms with Crippen molar-refractivity contribution >= 4 is 0 Å². The first-order valence-corrected chi connectivity index (χ1v) is 3.71. The van der Waals surface area contributed by atoms with Crippen molar-refractivity contribution in [2.45, 2.75) is 12.7 Å². The van der Waals surface area contributed by atoms with Crippen molar-refractivity contribution in [2.75, 3.05) is 0 Å². The number of alkyl halides is 3. The van der Waals surface area contributed by atoms with Gasteiger partial charge in [-0.1, -0.05) is 17.2 Å². The Morgan fingerprint density at radius 3 is 2.21 bits per heavy atom. The van der Waals surface area contributed by atoms with Crippen LogP contribution in [-0.2, 0) is 12.7 Å². The van der Waals surface area contributed by atoms with E-state index >= 15 is 0 Å². The monoisotopic (exact) mass is 201 g/mol. The molecule has 0 spiro atoms. The summed E-state index contributed by atoms with van der Waals surface area (Å²) in [5, 5.41) is 3.23. The van der Waals surface area contributed by atoms with Crippen molar-refractivity contribution < 1.29 is 13.2 Å². The first kappa shape index (κ1) is 10.4. The van der Waals surface area contributed by atoms with E-state index in [0.717, 1.165) is 12.1 Å². The van der Waals surface area contributed by atoms with Crippen LogP contribution in [0.25, 0.3) is 10.4 Å². The van der Waals surface area contributed by atoms with Crippen LogP contribution in [0.15, 0.2) is 29.4 Å². The van der Waals surface area contributed by atoms with Crippen LogP contribution in [0.2, 0.25) is 0 Å². The van der Waals surface area contributed by atoms with Crippen LogP contribution in [0.1, 0.15) is 11.1 Å². The number of azide groups is 1. The second kappa shape index (κ2) is 4.02. The summed E-state index contributed by atoms with van der Waals surface area (Å²) >= 11 is 0. The third-order valence-corrected chi connectivity index (χ3v) is 1.60. The molecule has 0 atom stereocenters. The summed E-state index contributed by atoms with van der Waals surface area (Å²) in [6.07, 6.45) is -4.32. The second-order valence-electron chi connectivity index (χ2n) is 2.58. The van der Waals surface area contributed by atoms with Crippen LogP contribution in [0, 0.1) is 0 Å². The fraction of sp³-hybridized carbons (Fsp3) is 0.250. The second-order valence-corrected chi connectivity index (χ2v) is 2.58. The van der Waals surface area contributed by atoms with Gasteiger partial charge in [0, 0.05) is 4.91 Å². The third kappa shape index (κ3) is 2.67. The highest BCUT2D eigenvalue weighted by atomic mass is 19.4. The van der Waals surface area contributed by atoms with Gasteiger partial charge in [-0.15, -0.1) is 0 Å². The Kier molecular flexibility index (Phi) is 2.99. The molecule has 3 nitrogen and oxygen atoms in total. The molecule has 0 aliphatic carbocycles. The van der Waals surface area contributed by atoms with Gasteiger partial charge in [0.15, 0.2) is 0 Å². The minimum Gasteiger partial charge on any atom is -0.166 e. The summed E-state index contributed by atoms with van der Waals surface area (Å²) in [5.74, 6) is 0. The topological polar surface area (TPSA) is 48.8 Å². The van der Waals surface area contributed by atoms with E-state index in [0.29, 0.717) is 5.56 Å². The molecule has 0 bridgehead atoms. The molecule has 0 aliphatic rings. The molecule has 74 valence electrons. The van der Waals surface area contributed by atoms with Crippen molar-refractivity contribution in [3.05, 3.63) is 45.8 Å². The smallest absolute Gasteiger partial charge is 0.166 e. The highest BCUT2D eigenvalue weighted by Gasteiger charge is 2.29. The Labute approximate surface area is 77.8 Å². The fourth-order valence-corrected chi connectivity index (χ4v) is 0.912. The molecule has 0 saturated carbocycles. The van der Waals surface area contributed by atoms with Crippen LogP contribution in [-0.4, -0.2) is 0 Å². The molecule has 0 N–H and O–H groups in total. The average molecular weight is 201 g/mol. The molecule has 14 heavy (non-hydrogen) atoms. The van der Waals surface area contributed by atoms with E-state index in [4.69, 9.17) is 5.53 Å². The molecule has 0 heterocycles. The van der Waals surface area contributed by atoms with Gasteiger partial charge in [0.1, 0.15) is 0 Å². The Hall–Kier alpha value is -1.68. The Bertz CT molecular complexity index is 349. The molecule has 0 radical (unpaired) electrons. The zero-order valence-electron chi connectivity index (χ0n) is 6.99. The standard InChI is InChI=1S/C8H6F3N3/c9-8(10,11)7-3-1-6(2-4-7)5-13-14-12/h1-4H,5H2. The Balaban J connectivity index is 2.83. The zero-order valence-corrected chi connectivity index (χ0v) is 6.99. The van der Waals surface area contributed by atoms with Crippen molar-refractivity contribution in [1.82, 2.24) is 0 Å². The van der Waals surface area contributed by atoms with Gasteiger partial charge in [0.2, 0.25) is 0 Å². The summed E-state index contributed by atoms with van der Waals surface area (Å²) in [5.41, 5.74) is 7.84. The molecular formula is C8H6F3N3. The van der Waals surface area contributed by atoms with E-state index in [-0.39, 0.29) is 6.54 Å². The van der Waals surface area contributed by atoms with E-state index in [9.17, 15) is 13.2 Å². The molecule has 0 aromatic heterocycles. The maximum Gasteiger partial charge on any atom is 0.416 e. The fourth-order valence-electron chi connectivity index (χ4n) is 0.912. The summed E-state index contributed by atoms with van der Waals surface area (Å²) in [6, 6.07) is 4.50. The summed E-state index contributed by atoms with van der Waals surface area (Å²) < 4.78 is 36.3. The average Bonchev–Trinajstić information content (AvgIpc) is 2.14. The van der Waals surface area contributed by atoms with Gasteiger partial charge in [0.25, 0.3) is 0 Å². The van der Waals surface area contributed by atoms with E-state index in [1.807, 2.05) is 0 Å². The number of halogens is 3. The Morgan fingerprint density at radius 1 is 1.21 bits per heavy atom. The van der Waals surface area contributed by atoms with E-state index in [2.05, 4.69) is 10.0 Å². The van der Waals surface area contributed by atoms with Gasteiger partial charge < -0.3 is 0 Å². The maximum absolute atomic E-state index is 12.1. The molecule has 0 amide bonds. The lowest BCUT2D eigenvalue weighted by molar-refractivity contribution is -0.137. The molecule has 1 aromatic carbocycles. The molecule has 1 aromatic rings. The highest BCUT2D eigenvalue weighted by Crippen LogP contribution is 2.29. The van der Waals surface area contributed by atoms with Gasteiger partial charge in [-0.25, -0.2) is 0 Å². The lowest BCUT2D eigenvalue weighted by Gasteiger charge is -2.06. The SMILES string of the molecule is [N-]=[N+]=NCc1ccc(C(F)(F)F)cc1. The van der Waals surface area contributed by atoms with Crippen LogP contribution >= 0.6 is 0 Å². The normalized spacial score (nSPS) is 10.8. The predicted octanol–water partition coefficient (Wildman–Crippen LogP) is 3.52. The van der Waals surface area contributed by atoms with Crippen molar-refractivity contribution in [3.63, 3.8) is 0 Å². The first-order chi connectivity index (χ1) is 6.54. The van der Waals surface area contributed by atoms with Crippen molar-refractivity contribution in [2.24, 2.45) is 5.11 Å². The number of hydrogen-bond acceptors (Lipinski definition) is 1. The predicted molar refractivity (Wildman–Crippen MR) is 44.3 cm³/mol. The number of benzene rings is 1. The molecular weight excluding hydrogens is 195 g/mol. The Morgan fingerprint density at radius 2 is 1.79 bits per heavy atom. The zero-order chi connectivity index (χ0) is 10.6. The quantitative estimate of drug-likeness (QED) is 0.399. The number of hydrogen-bond donors (Lipinski definition) is 0. The largest absolute Gasteiger partial charge is 0.416 e. The molecule has 0 saturated heterocycles. The van der Waals surface area contributed by atoms with Crippen molar-refractivity contribution in [3.8, 4) is 0 Å². The summed E-state index contributed by atoms with van der Waals surface area (Å²) in [7, 11) is 0. The van der Waals surface area contributed by atoms with Gasteiger partial charge in [-0.05, 0) is 23.2 Å². The first-order valence-electron chi connectivity index (χ1n) is 3.71. The van der Waals surface area contributed by atoms with Crippen molar-refractivity contribution in [1.29, 1.82) is 0 Å². The molecule has 0 aliphatic heterocycles. The summed E-state index contributed by atoms with van der Waals surface area (Å²) in [6.45, 7) is 0.0641. The molecule has 6 heteroatoms. The minimum atomic E-state index is -4.32. The highest BCUT2D eigenvalue weighted by molar-refractivity contribution is 5.24. The molecule has 1 rings (SSSR count). The van der Waals surface area contributed by atoms with E-state index in [1.54, 1.807) is 0 Å².